The second-order valence-corrected chi connectivity index (χ2v) is 10.7. The maximum atomic E-state index is 12.7. The predicted molar refractivity (Wildman–Crippen MR) is 87.2 cm³/mol. The summed E-state index contributed by atoms with van der Waals surface area (Å²) >= 11 is 0. The Labute approximate surface area is 133 Å². The van der Waals surface area contributed by atoms with E-state index in [9.17, 15) is 16.8 Å². The highest BCUT2D eigenvalue weighted by Crippen LogP contribution is 2.32. The Bertz CT molecular complexity index is 751. The van der Waals surface area contributed by atoms with Crippen molar-refractivity contribution in [3.8, 4) is 0 Å². The zero-order chi connectivity index (χ0) is 16.8. The zero-order valence-corrected chi connectivity index (χ0v) is 15.0. The molecule has 0 radical (unpaired) electrons. The molecule has 124 valence electrons. The van der Waals surface area contributed by atoms with Crippen molar-refractivity contribution in [1.29, 1.82) is 0 Å². The molecule has 1 aliphatic rings. The van der Waals surface area contributed by atoms with Crippen LogP contribution in [0.5, 0.6) is 0 Å². The van der Waals surface area contributed by atoms with E-state index < -0.39 is 25.4 Å². The van der Waals surface area contributed by atoms with Crippen LogP contribution < -0.4 is 0 Å². The van der Waals surface area contributed by atoms with Crippen molar-refractivity contribution in [2.75, 3.05) is 18.6 Å². The highest BCUT2D eigenvalue weighted by Gasteiger charge is 2.46. The van der Waals surface area contributed by atoms with Gasteiger partial charge in [0, 0.05) is 12.6 Å². The summed E-state index contributed by atoms with van der Waals surface area (Å²) in [5.41, 5.74) is 0.185. The van der Waals surface area contributed by atoms with Gasteiger partial charge in [-0.3, -0.25) is 0 Å². The Hall–Kier alpha value is -0.920. The van der Waals surface area contributed by atoms with Crippen molar-refractivity contribution >= 4 is 19.9 Å². The van der Waals surface area contributed by atoms with Crippen LogP contribution in [0.25, 0.3) is 0 Å². The van der Waals surface area contributed by atoms with Crippen molar-refractivity contribution in [3.05, 3.63) is 29.8 Å². The van der Waals surface area contributed by atoms with Crippen LogP contribution in [0.4, 0.5) is 0 Å². The van der Waals surface area contributed by atoms with E-state index in [1.54, 1.807) is 31.2 Å². The number of sulfone groups is 1. The minimum Gasteiger partial charge on any atom is -0.229 e. The van der Waals surface area contributed by atoms with Crippen molar-refractivity contribution in [2.24, 2.45) is 0 Å². The number of benzene rings is 1. The molecule has 5 nitrogen and oxygen atoms in total. The smallest absolute Gasteiger partial charge is 0.229 e. The second kappa shape index (κ2) is 5.62. The molecule has 1 fully saturated rings. The summed E-state index contributed by atoms with van der Waals surface area (Å²) in [4.78, 5) is 0.199. The predicted octanol–water partition coefficient (Wildman–Crippen LogP) is 2.01. The molecule has 0 aromatic heterocycles. The first-order valence-corrected chi connectivity index (χ1v) is 10.5. The third-order valence-electron chi connectivity index (χ3n) is 4.45. The molecule has 0 aliphatic carbocycles. The Morgan fingerprint density at radius 2 is 1.73 bits per heavy atom. The number of rotatable bonds is 4. The Balaban J connectivity index is 2.34. The highest BCUT2D eigenvalue weighted by atomic mass is 32.2. The first kappa shape index (κ1) is 17.4. The lowest BCUT2D eigenvalue weighted by atomic mass is 10.0. The van der Waals surface area contributed by atoms with E-state index in [2.05, 4.69) is 0 Å². The lowest BCUT2D eigenvalue weighted by Crippen LogP contribution is -2.48. The van der Waals surface area contributed by atoms with Gasteiger partial charge in [0.1, 0.15) is 0 Å². The van der Waals surface area contributed by atoms with E-state index in [4.69, 9.17) is 0 Å². The molecule has 1 aromatic rings. The van der Waals surface area contributed by atoms with Crippen molar-refractivity contribution in [3.63, 3.8) is 0 Å². The molecule has 0 saturated carbocycles. The van der Waals surface area contributed by atoms with E-state index in [-0.39, 0.29) is 16.4 Å². The summed E-state index contributed by atoms with van der Waals surface area (Å²) in [7, 11) is -5.41. The number of nitrogens with zero attached hydrogens (tertiary/aromatic N) is 1. The summed E-state index contributed by atoms with van der Waals surface area (Å²) in [5, 5.41) is 0. The molecule has 1 saturated heterocycles. The average molecular weight is 345 g/mol. The van der Waals surface area contributed by atoms with Gasteiger partial charge < -0.3 is 0 Å². The summed E-state index contributed by atoms with van der Waals surface area (Å²) in [5.74, 6) is 0.238. The fraction of sp³-hybridized carbons (Fsp3) is 0.600. The molecule has 1 heterocycles. The lowest BCUT2D eigenvalue weighted by molar-refractivity contribution is 0.272. The molecule has 1 atom stereocenters. The fourth-order valence-corrected chi connectivity index (χ4v) is 6.51. The van der Waals surface area contributed by atoms with Gasteiger partial charge in [-0.25, -0.2) is 16.8 Å². The van der Waals surface area contributed by atoms with Gasteiger partial charge in [0.05, 0.1) is 16.4 Å². The van der Waals surface area contributed by atoms with Crippen LogP contribution in [0.3, 0.4) is 0 Å². The zero-order valence-electron chi connectivity index (χ0n) is 13.4. The van der Waals surface area contributed by atoms with Crippen LogP contribution in [0.1, 0.15) is 38.7 Å². The van der Waals surface area contributed by atoms with E-state index in [1.807, 2.05) is 13.8 Å². The van der Waals surface area contributed by atoms with Crippen LogP contribution in [0.2, 0.25) is 0 Å². The largest absolute Gasteiger partial charge is 0.243 e. The fourth-order valence-electron chi connectivity index (χ4n) is 2.71. The van der Waals surface area contributed by atoms with E-state index >= 15 is 0 Å². The minimum atomic E-state index is -3.70. The van der Waals surface area contributed by atoms with Gasteiger partial charge in [-0.15, -0.1) is 0 Å². The molecule has 7 heteroatoms. The third kappa shape index (κ3) is 3.21. The first-order valence-electron chi connectivity index (χ1n) is 7.27. The Morgan fingerprint density at radius 3 is 2.14 bits per heavy atom. The van der Waals surface area contributed by atoms with Crippen LogP contribution in [0, 0.1) is 0 Å². The number of sulfonamides is 1. The van der Waals surface area contributed by atoms with Gasteiger partial charge in [-0.05, 0) is 37.0 Å². The van der Waals surface area contributed by atoms with Crippen molar-refractivity contribution in [1.82, 2.24) is 4.31 Å². The van der Waals surface area contributed by atoms with Gasteiger partial charge in [0.25, 0.3) is 0 Å². The van der Waals surface area contributed by atoms with Crippen LogP contribution in [-0.2, 0) is 19.9 Å². The maximum absolute atomic E-state index is 12.7. The number of hydrogen-bond acceptors (Lipinski definition) is 4. The standard InChI is InChI=1S/C15H23NO4S2/c1-12(2)13-5-7-14(8-6-13)22(19,20)16(4)15(3)9-10-21(17,18)11-15/h5-8,12H,9-11H2,1-4H3/t15-/m1/s1. The molecule has 0 N–H and O–H groups in total. The highest BCUT2D eigenvalue weighted by molar-refractivity contribution is 7.92. The SMILES string of the molecule is CC(C)c1ccc(S(=O)(=O)N(C)[C@]2(C)CCS(=O)(=O)C2)cc1. The minimum absolute atomic E-state index is 0.0373. The molecule has 0 spiro atoms. The first-order chi connectivity index (χ1) is 9.98. The van der Waals surface area contributed by atoms with Crippen molar-refractivity contribution < 1.29 is 16.8 Å². The molecule has 0 bridgehead atoms. The van der Waals surface area contributed by atoms with E-state index in [0.29, 0.717) is 12.3 Å². The normalized spacial score (nSPS) is 25.0. The van der Waals surface area contributed by atoms with Crippen molar-refractivity contribution in [2.45, 2.75) is 43.5 Å². The molecule has 2 rings (SSSR count). The van der Waals surface area contributed by atoms with E-state index in [1.165, 1.54) is 11.4 Å². The van der Waals surface area contributed by atoms with Gasteiger partial charge >= 0.3 is 0 Å². The Morgan fingerprint density at radius 1 is 1.18 bits per heavy atom. The maximum Gasteiger partial charge on any atom is 0.243 e. The van der Waals surface area contributed by atoms with Gasteiger partial charge in [-0.1, -0.05) is 26.0 Å². The molecular weight excluding hydrogens is 322 g/mol. The molecule has 0 amide bonds. The van der Waals surface area contributed by atoms with Gasteiger partial charge in [-0.2, -0.15) is 4.31 Å². The Kier molecular flexibility index (Phi) is 4.45. The summed E-state index contributed by atoms with van der Waals surface area (Å²) < 4.78 is 50.1. The number of hydrogen-bond donors (Lipinski definition) is 0. The third-order valence-corrected chi connectivity index (χ3v) is 8.37. The van der Waals surface area contributed by atoms with Crippen LogP contribution >= 0.6 is 0 Å². The molecular formula is C15H23NO4S2. The van der Waals surface area contributed by atoms with Gasteiger partial charge in [0.2, 0.25) is 10.0 Å². The summed E-state index contributed by atoms with van der Waals surface area (Å²) in [6.07, 6.45) is 0.329. The van der Waals surface area contributed by atoms with Crippen LogP contribution in [-0.4, -0.2) is 45.2 Å². The van der Waals surface area contributed by atoms with Crippen LogP contribution in [0.15, 0.2) is 29.2 Å². The molecule has 0 unspecified atom stereocenters. The quantitative estimate of drug-likeness (QED) is 0.837. The van der Waals surface area contributed by atoms with Gasteiger partial charge in [0.15, 0.2) is 9.84 Å². The topological polar surface area (TPSA) is 71.5 Å². The summed E-state index contributed by atoms with van der Waals surface area (Å²) in [6, 6.07) is 6.79. The molecule has 22 heavy (non-hydrogen) atoms. The molecule has 1 aliphatic heterocycles. The monoisotopic (exact) mass is 345 g/mol. The molecule has 1 aromatic carbocycles. The van der Waals surface area contributed by atoms with E-state index in [0.717, 1.165) is 5.56 Å². The summed E-state index contributed by atoms with van der Waals surface area (Å²) in [6.45, 7) is 5.78. The average Bonchev–Trinajstić information content (AvgIpc) is 2.73. The second-order valence-electron chi connectivity index (χ2n) is 6.54. The lowest BCUT2D eigenvalue weighted by Gasteiger charge is -2.33.